The Hall–Kier alpha value is -3.27. The highest BCUT2D eigenvalue weighted by Gasteiger charge is 2.29. The summed E-state index contributed by atoms with van der Waals surface area (Å²) in [5.74, 6) is -1.06. The molecule has 36 heavy (non-hydrogen) atoms. The number of carbonyl (C=O) groups excluding carboxylic acids is 2. The number of rotatable bonds is 5. The number of aliphatic hydroxyl groups is 1. The number of nitrogens with one attached hydrogen (secondary N) is 2. The average Bonchev–Trinajstić information content (AvgIpc) is 3.27. The van der Waals surface area contributed by atoms with Crippen LogP contribution >= 0.6 is 0 Å². The number of hydrogen-bond acceptors (Lipinski definition) is 3. The van der Waals surface area contributed by atoms with Crippen molar-refractivity contribution in [2.45, 2.75) is 57.5 Å². The molecule has 194 valence electrons. The van der Waals surface area contributed by atoms with Gasteiger partial charge in [-0.25, -0.2) is 22.8 Å². The summed E-state index contributed by atoms with van der Waals surface area (Å²) in [6.45, 7) is 3.76. The molecule has 2 aromatic rings. The molecule has 4 amide bonds. The summed E-state index contributed by atoms with van der Waals surface area (Å²) in [5.41, 5.74) is 0.979. The number of urea groups is 2. The Morgan fingerprint density at radius 1 is 1.06 bits per heavy atom. The van der Waals surface area contributed by atoms with Gasteiger partial charge in [0.1, 0.15) is 17.8 Å². The minimum absolute atomic E-state index is 0.0846. The summed E-state index contributed by atoms with van der Waals surface area (Å²) in [6.07, 6.45) is -0.0571. The summed E-state index contributed by atoms with van der Waals surface area (Å²) in [7, 11) is 0. The highest BCUT2D eigenvalue weighted by Crippen LogP contribution is 2.30. The molecular formula is C26H31F3N4O3. The SMILES string of the molecule is CC(C)(O)[C@@H](F)CNC(=O)N1CCC(c2ccc(NC(=O)N3Cc4cc(F)cc(F)c4C3)cc2)CC1. The molecule has 0 saturated carbocycles. The maximum atomic E-state index is 14.0. The number of hydrogen-bond donors (Lipinski definition) is 3. The van der Waals surface area contributed by atoms with E-state index >= 15 is 0 Å². The van der Waals surface area contributed by atoms with Crippen LogP contribution in [0.1, 0.15) is 49.3 Å². The Labute approximate surface area is 208 Å². The van der Waals surface area contributed by atoms with Crippen molar-refractivity contribution in [3.05, 3.63) is 64.7 Å². The predicted molar refractivity (Wildman–Crippen MR) is 129 cm³/mol. The third-order valence-electron chi connectivity index (χ3n) is 6.86. The molecule has 2 aromatic carbocycles. The summed E-state index contributed by atoms with van der Waals surface area (Å²) in [4.78, 5) is 28.0. The molecular weight excluding hydrogens is 473 g/mol. The normalized spacial score (nSPS) is 17.1. The van der Waals surface area contributed by atoms with Crippen LogP contribution in [0.15, 0.2) is 36.4 Å². The fourth-order valence-electron chi connectivity index (χ4n) is 4.57. The van der Waals surface area contributed by atoms with Crippen LogP contribution in [0.5, 0.6) is 0 Å². The minimum atomic E-state index is -1.55. The van der Waals surface area contributed by atoms with Crippen molar-refractivity contribution in [1.29, 1.82) is 0 Å². The van der Waals surface area contributed by atoms with Crippen LogP contribution in [0.4, 0.5) is 28.4 Å². The summed E-state index contributed by atoms with van der Waals surface area (Å²) < 4.78 is 41.3. The topological polar surface area (TPSA) is 84.9 Å². The van der Waals surface area contributed by atoms with E-state index in [0.29, 0.717) is 29.9 Å². The van der Waals surface area contributed by atoms with E-state index < -0.39 is 29.4 Å². The summed E-state index contributed by atoms with van der Waals surface area (Å²) in [5, 5.41) is 15.0. The number of carbonyl (C=O) groups is 2. The zero-order valence-electron chi connectivity index (χ0n) is 20.4. The van der Waals surface area contributed by atoms with Gasteiger partial charge in [0.05, 0.1) is 18.7 Å². The molecule has 0 spiro atoms. The molecule has 0 aromatic heterocycles. The lowest BCUT2D eigenvalue weighted by Gasteiger charge is -2.33. The third-order valence-corrected chi connectivity index (χ3v) is 6.86. The van der Waals surface area contributed by atoms with Crippen molar-refractivity contribution in [1.82, 2.24) is 15.1 Å². The van der Waals surface area contributed by atoms with Gasteiger partial charge in [-0.1, -0.05) is 12.1 Å². The molecule has 0 radical (unpaired) electrons. The highest BCUT2D eigenvalue weighted by molar-refractivity contribution is 5.89. The van der Waals surface area contributed by atoms with Gasteiger partial charge in [0, 0.05) is 37.0 Å². The molecule has 2 aliphatic heterocycles. The fourth-order valence-corrected chi connectivity index (χ4v) is 4.57. The van der Waals surface area contributed by atoms with Gasteiger partial charge in [-0.2, -0.15) is 0 Å². The number of benzene rings is 2. The Balaban J connectivity index is 1.25. The average molecular weight is 505 g/mol. The maximum Gasteiger partial charge on any atom is 0.322 e. The first-order valence-corrected chi connectivity index (χ1v) is 12.0. The molecule has 7 nitrogen and oxygen atoms in total. The maximum absolute atomic E-state index is 14.0. The van der Waals surface area contributed by atoms with Crippen LogP contribution < -0.4 is 10.6 Å². The lowest BCUT2D eigenvalue weighted by molar-refractivity contribution is -0.00157. The van der Waals surface area contributed by atoms with Crippen LogP contribution in [-0.2, 0) is 13.1 Å². The largest absolute Gasteiger partial charge is 0.387 e. The van der Waals surface area contributed by atoms with E-state index in [0.717, 1.165) is 24.5 Å². The van der Waals surface area contributed by atoms with Gasteiger partial charge in [0.25, 0.3) is 0 Å². The number of amides is 4. The zero-order chi connectivity index (χ0) is 26.0. The predicted octanol–water partition coefficient (Wildman–Crippen LogP) is 4.51. The Morgan fingerprint density at radius 2 is 1.72 bits per heavy atom. The van der Waals surface area contributed by atoms with Crippen LogP contribution in [0, 0.1) is 11.6 Å². The lowest BCUT2D eigenvalue weighted by Crippen LogP contribution is -2.48. The molecule has 0 unspecified atom stereocenters. The molecule has 4 rings (SSSR count). The first-order valence-electron chi connectivity index (χ1n) is 12.0. The van der Waals surface area contributed by atoms with Gasteiger partial charge in [0.2, 0.25) is 0 Å². The number of likely N-dealkylation sites (tertiary alicyclic amines) is 1. The number of fused-ring (bicyclic) bond motifs is 1. The first-order chi connectivity index (χ1) is 17.0. The van der Waals surface area contributed by atoms with Gasteiger partial charge >= 0.3 is 12.1 Å². The monoisotopic (exact) mass is 504 g/mol. The lowest BCUT2D eigenvalue weighted by atomic mass is 9.89. The third kappa shape index (κ3) is 5.92. The van der Waals surface area contributed by atoms with Crippen LogP contribution in [-0.4, -0.2) is 58.4 Å². The highest BCUT2D eigenvalue weighted by atomic mass is 19.1. The molecule has 10 heteroatoms. The molecule has 0 bridgehead atoms. The number of anilines is 1. The minimum Gasteiger partial charge on any atom is -0.387 e. The molecule has 1 saturated heterocycles. The van der Waals surface area contributed by atoms with Crippen LogP contribution in [0.3, 0.4) is 0 Å². The van der Waals surface area contributed by atoms with Gasteiger partial charge in [0.15, 0.2) is 0 Å². The van der Waals surface area contributed by atoms with Gasteiger partial charge < -0.3 is 25.5 Å². The van der Waals surface area contributed by atoms with E-state index in [2.05, 4.69) is 10.6 Å². The zero-order valence-corrected chi connectivity index (χ0v) is 20.4. The quantitative estimate of drug-likeness (QED) is 0.560. The van der Waals surface area contributed by atoms with Gasteiger partial charge in [-0.05, 0) is 61.9 Å². The number of nitrogens with zero attached hydrogens (tertiary/aromatic N) is 2. The van der Waals surface area contributed by atoms with E-state index in [-0.39, 0.29) is 31.6 Å². The summed E-state index contributed by atoms with van der Waals surface area (Å²) >= 11 is 0. The van der Waals surface area contributed by atoms with E-state index in [1.807, 2.05) is 12.1 Å². The van der Waals surface area contributed by atoms with Crippen molar-refractivity contribution in [2.24, 2.45) is 0 Å². The van der Waals surface area contributed by atoms with Crippen molar-refractivity contribution in [3.63, 3.8) is 0 Å². The first kappa shape index (κ1) is 25.8. The Bertz CT molecular complexity index is 1110. The second-order valence-corrected chi connectivity index (χ2v) is 10.0. The second kappa shape index (κ2) is 10.4. The Kier molecular flexibility index (Phi) is 7.44. The van der Waals surface area contributed by atoms with Crippen molar-refractivity contribution in [2.75, 3.05) is 25.0 Å². The number of halogens is 3. The molecule has 2 heterocycles. The second-order valence-electron chi connectivity index (χ2n) is 10.0. The van der Waals surface area contributed by atoms with E-state index in [1.54, 1.807) is 17.0 Å². The van der Waals surface area contributed by atoms with Crippen LogP contribution in [0.25, 0.3) is 0 Å². The number of piperidine rings is 1. The van der Waals surface area contributed by atoms with Crippen molar-refractivity contribution in [3.8, 4) is 0 Å². The van der Waals surface area contributed by atoms with Crippen molar-refractivity contribution < 1.29 is 27.9 Å². The molecule has 1 fully saturated rings. The Morgan fingerprint density at radius 3 is 2.36 bits per heavy atom. The molecule has 0 aliphatic carbocycles. The standard InChI is InChI=1S/C26H31F3N4O3/c1-26(2,36)23(29)13-30-24(34)32-9-7-17(8-10-32)16-3-5-20(6-4-16)31-25(35)33-14-18-11-19(27)12-22(28)21(18)15-33/h3-6,11-12,17,23,36H,7-10,13-15H2,1-2H3,(H,30,34)(H,31,35)/t23-/m0/s1. The molecule has 3 N–H and O–H groups in total. The van der Waals surface area contributed by atoms with E-state index in [4.69, 9.17) is 0 Å². The smallest absolute Gasteiger partial charge is 0.322 e. The van der Waals surface area contributed by atoms with E-state index in [1.165, 1.54) is 24.8 Å². The molecule has 2 aliphatic rings. The number of alkyl halides is 1. The van der Waals surface area contributed by atoms with Crippen molar-refractivity contribution >= 4 is 17.7 Å². The van der Waals surface area contributed by atoms with Gasteiger partial charge in [-0.15, -0.1) is 0 Å². The van der Waals surface area contributed by atoms with E-state index in [9.17, 15) is 27.9 Å². The van der Waals surface area contributed by atoms with Crippen LogP contribution in [0.2, 0.25) is 0 Å². The fraction of sp³-hybridized carbons (Fsp3) is 0.462. The molecule has 1 atom stereocenters. The van der Waals surface area contributed by atoms with Gasteiger partial charge in [-0.3, -0.25) is 0 Å². The summed E-state index contributed by atoms with van der Waals surface area (Å²) in [6, 6.07) is 8.81.